The van der Waals surface area contributed by atoms with E-state index < -0.39 is 0 Å². The number of piperidine rings is 2. The van der Waals surface area contributed by atoms with Crippen LogP contribution in [0.25, 0.3) is 0 Å². The second-order valence-electron chi connectivity index (χ2n) is 6.66. The Balaban J connectivity index is 1.88. The Hall–Kier alpha value is -1.07. The third-order valence-corrected chi connectivity index (χ3v) is 5.12. The lowest BCUT2D eigenvalue weighted by Crippen LogP contribution is -2.52. The van der Waals surface area contributed by atoms with Gasteiger partial charge in [-0.2, -0.15) is 0 Å². The van der Waals surface area contributed by atoms with Crippen LogP contribution in [0.1, 0.15) is 31.5 Å². The number of nitrogens with one attached hydrogen (secondary N) is 1. The Labute approximate surface area is 130 Å². The van der Waals surface area contributed by atoms with Crippen molar-refractivity contribution in [1.82, 2.24) is 14.9 Å². The number of halogens is 1. The average molecular weight is 311 g/mol. The van der Waals surface area contributed by atoms with E-state index in [2.05, 4.69) is 26.8 Å². The molecule has 1 unspecified atom stereocenters. The number of nitrogens with zero attached hydrogens (tertiary/aromatic N) is 3. The molecule has 2 saturated heterocycles. The van der Waals surface area contributed by atoms with Crippen LogP contribution in [0.3, 0.4) is 0 Å². The van der Waals surface area contributed by atoms with Crippen LogP contribution in [0, 0.1) is 12.3 Å². The Morgan fingerprint density at radius 1 is 1.24 bits per heavy atom. The number of anilines is 1. The first-order valence-electron chi connectivity index (χ1n) is 7.69. The zero-order valence-corrected chi connectivity index (χ0v) is 13.5. The first-order chi connectivity index (χ1) is 9.99. The minimum Gasteiger partial charge on any atom is -0.355 e. The molecule has 0 saturated carbocycles. The van der Waals surface area contributed by atoms with Crippen LogP contribution in [-0.2, 0) is 0 Å². The van der Waals surface area contributed by atoms with Crippen molar-refractivity contribution in [1.29, 1.82) is 0 Å². The van der Waals surface area contributed by atoms with E-state index in [9.17, 15) is 4.79 Å². The van der Waals surface area contributed by atoms with Gasteiger partial charge in [0.2, 0.25) is 0 Å². The lowest BCUT2D eigenvalue weighted by atomic mass is 9.74. The Bertz CT molecular complexity index is 584. The van der Waals surface area contributed by atoms with Crippen LogP contribution in [0.15, 0.2) is 4.79 Å². The molecule has 0 aromatic carbocycles. The molecule has 2 aliphatic heterocycles. The lowest BCUT2D eigenvalue weighted by molar-refractivity contribution is 0.0908. The second-order valence-corrected chi connectivity index (χ2v) is 7.03. The molecule has 1 atom stereocenters. The molecule has 2 fully saturated rings. The van der Waals surface area contributed by atoms with Gasteiger partial charge in [0.05, 0.1) is 0 Å². The number of likely N-dealkylation sites (tertiary alicyclic amines) is 1. The molecule has 0 radical (unpaired) electrons. The molecule has 3 heterocycles. The van der Waals surface area contributed by atoms with Crippen molar-refractivity contribution >= 4 is 17.4 Å². The summed E-state index contributed by atoms with van der Waals surface area (Å²) in [5.41, 5.74) is 0.0896. The van der Waals surface area contributed by atoms with Gasteiger partial charge in [0.15, 0.2) is 5.82 Å². The minimum atomic E-state index is -0.237. The fourth-order valence-corrected chi connectivity index (χ4v) is 4.15. The third-order valence-electron chi connectivity index (χ3n) is 4.78. The average Bonchev–Trinajstić information content (AvgIpc) is 2.42. The van der Waals surface area contributed by atoms with Gasteiger partial charge in [-0.1, -0.05) is 11.6 Å². The Morgan fingerprint density at radius 3 is 2.67 bits per heavy atom. The van der Waals surface area contributed by atoms with Crippen molar-refractivity contribution in [2.75, 3.05) is 38.1 Å². The predicted molar refractivity (Wildman–Crippen MR) is 85.2 cm³/mol. The molecule has 0 aliphatic carbocycles. The van der Waals surface area contributed by atoms with E-state index in [1.54, 1.807) is 6.92 Å². The Kier molecular flexibility index (Phi) is 3.97. The zero-order chi connectivity index (χ0) is 15.0. The van der Waals surface area contributed by atoms with Crippen molar-refractivity contribution in [2.45, 2.75) is 32.6 Å². The number of rotatable bonds is 1. The number of hydrogen-bond acceptors (Lipinski definition) is 4. The predicted octanol–water partition coefficient (Wildman–Crippen LogP) is 2.04. The van der Waals surface area contributed by atoms with Crippen molar-refractivity contribution < 1.29 is 0 Å². The van der Waals surface area contributed by atoms with Crippen molar-refractivity contribution in [3.05, 3.63) is 21.2 Å². The van der Waals surface area contributed by atoms with Crippen LogP contribution in [-0.4, -0.2) is 48.1 Å². The number of aromatic amines is 1. The van der Waals surface area contributed by atoms with Gasteiger partial charge < -0.3 is 14.8 Å². The summed E-state index contributed by atoms with van der Waals surface area (Å²) in [6.07, 6.45) is 4.90. The molecule has 21 heavy (non-hydrogen) atoms. The molecule has 5 nitrogen and oxygen atoms in total. The highest BCUT2D eigenvalue weighted by Gasteiger charge is 2.39. The molecule has 1 aromatic heterocycles. The summed E-state index contributed by atoms with van der Waals surface area (Å²) < 4.78 is 0. The van der Waals surface area contributed by atoms with E-state index in [0.29, 0.717) is 17.1 Å². The minimum absolute atomic E-state index is 0.224. The number of aromatic nitrogens is 2. The maximum absolute atomic E-state index is 11.9. The van der Waals surface area contributed by atoms with Crippen molar-refractivity contribution in [2.24, 2.45) is 5.41 Å². The fraction of sp³-hybridized carbons (Fsp3) is 0.733. The van der Waals surface area contributed by atoms with Crippen molar-refractivity contribution in [3.8, 4) is 0 Å². The van der Waals surface area contributed by atoms with Gasteiger partial charge in [-0.3, -0.25) is 4.79 Å². The molecule has 6 heteroatoms. The van der Waals surface area contributed by atoms with Gasteiger partial charge in [-0.05, 0) is 46.2 Å². The van der Waals surface area contributed by atoms with Gasteiger partial charge in [0.1, 0.15) is 10.8 Å². The number of aryl methyl sites for hydroxylation is 1. The van der Waals surface area contributed by atoms with Crippen molar-refractivity contribution in [3.63, 3.8) is 0 Å². The topological polar surface area (TPSA) is 52.2 Å². The van der Waals surface area contributed by atoms with Crippen LogP contribution in [0.2, 0.25) is 5.02 Å². The highest BCUT2D eigenvalue weighted by molar-refractivity contribution is 6.32. The molecule has 2 aliphatic rings. The van der Waals surface area contributed by atoms with Gasteiger partial charge in [0.25, 0.3) is 5.56 Å². The monoisotopic (exact) mass is 310 g/mol. The molecular formula is C15H23ClN4O. The smallest absolute Gasteiger partial charge is 0.271 e. The summed E-state index contributed by atoms with van der Waals surface area (Å²) in [7, 11) is 2.20. The van der Waals surface area contributed by atoms with E-state index in [4.69, 9.17) is 11.6 Å². The number of H-pyrrole nitrogens is 1. The maximum Gasteiger partial charge on any atom is 0.271 e. The summed E-state index contributed by atoms with van der Waals surface area (Å²) in [4.78, 5) is 23.6. The second kappa shape index (κ2) is 5.61. The number of hydrogen-bond donors (Lipinski definition) is 1. The molecule has 0 amide bonds. The van der Waals surface area contributed by atoms with Crippen LogP contribution < -0.4 is 10.5 Å². The fourth-order valence-electron chi connectivity index (χ4n) is 3.94. The van der Waals surface area contributed by atoms with E-state index in [-0.39, 0.29) is 10.6 Å². The normalized spacial score (nSPS) is 27.3. The van der Waals surface area contributed by atoms with Gasteiger partial charge in [-0.25, -0.2) is 4.98 Å². The quantitative estimate of drug-likeness (QED) is 0.862. The summed E-state index contributed by atoms with van der Waals surface area (Å²) in [6, 6.07) is 0. The first kappa shape index (κ1) is 14.9. The van der Waals surface area contributed by atoms with Crippen LogP contribution in [0.4, 0.5) is 5.82 Å². The molecule has 3 rings (SSSR count). The van der Waals surface area contributed by atoms with Crippen LogP contribution in [0.5, 0.6) is 0 Å². The maximum atomic E-state index is 11.9. The highest BCUT2D eigenvalue weighted by atomic mass is 35.5. The summed E-state index contributed by atoms with van der Waals surface area (Å²) in [6.45, 7) is 6.00. The van der Waals surface area contributed by atoms with E-state index >= 15 is 0 Å². The molecule has 1 spiro atoms. The molecule has 1 aromatic rings. The molecule has 0 bridgehead atoms. The van der Waals surface area contributed by atoms with Gasteiger partial charge in [0, 0.05) is 25.0 Å². The first-order valence-corrected chi connectivity index (χ1v) is 8.07. The summed E-state index contributed by atoms with van der Waals surface area (Å²) in [5.74, 6) is 1.28. The molecule has 1 N–H and O–H groups in total. The molecular weight excluding hydrogens is 288 g/mol. The van der Waals surface area contributed by atoms with Gasteiger partial charge >= 0.3 is 0 Å². The largest absolute Gasteiger partial charge is 0.355 e. The van der Waals surface area contributed by atoms with E-state index in [0.717, 1.165) is 26.1 Å². The third kappa shape index (κ3) is 2.94. The Morgan fingerprint density at radius 2 is 1.95 bits per heavy atom. The zero-order valence-electron chi connectivity index (χ0n) is 12.8. The van der Waals surface area contributed by atoms with Gasteiger partial charge in [-0.15, -0.1) is 0 Å². The van der Waals surface area contributed by atoms with E-state index in [1.165, 1.54) is 25.8 Å². The standard InChI is InChI=1S/C15H23ClN4O/c1-11-17-13(12(16)14(21)18-11)20-8-4-6-15(10-20)5-3-7-19(2)9-15/h3-10H2,1-2H3,(H,17,18,21). The highest BCUT2D eigenvalue weighted by Crippen LogP contribution is 2.39. The summed E-state index contributed by atoms with van der Waals surface area (Å²) in [5, 5.41) is 0.224. The SMILES string of the molecule is Cc1nc(N2CCCC3(CCCN(C)C3)C2)c(Cl)c(=O)[nH]1. The summed E-state index contributed by atoms with van der Waals surface area (Å²) >= 11 is 6.20. The van der Waals surface area contributed by atoms with Crippen LogP contribution >= 0.6 is 11.6 Å². The molecule has 116 valence electrons. The van der Waals surface area contributed by atoms with E-state index in [1.807, 2.05) is 0 Å². The lowest BCUT2D eigenvalue weighted by Gasteiger charge is -2.48.